The zero-order valence-corrected chi connectivity index (χ0v) is 15.9. The van der Waals surface area contributed by atoms with Crippen LogP contribution in [0.1, 0.15) is 12.0 Å². The summed E-state index contributed by atoms with van der Waals surface area (Å²) in [6.07, 6.45) is 0.708. The summed E-state index contributed by atoms with van der Waals surface area (Å²) in [5, 5.41) is 15.3. The van der Waals surface area contributed by atoms with Crippen LogP contribution in [0.5, 0.6) is 5.75 Å². The van der Waals surface area contributed by atoms with Gasteiger partial charge in [0.2, 0.25) is 0 Å². The van der Waals surface area contributed by atoms with Crippen LogP contribution in [-0.2, 0) is 6.54 Å². The van der Waals surface area contributed by atoms with E-state index in [0.29, 0.717) is 18.7 Å². The fourth-order valence-corrected chi connectivity index (χ4v) is 3.55. The van der Waals surface area contributed by atoms with Gasteiger partial charge in [-0.2, -0.15) is 8.78 Å². The lowest BCUT2D eigenvalue weighted by Crippen LogP contribution is -2.52. The van der Waals surface area contributed by atoms with Crippen LogP contribution in [0.3, 0.4) is 0 Å². The van der Waals surface area contributed by atoms with Crippen molar-refractivity contribution in [1.82, 2.24) is 10.2 Å². The molecule has 1 aliphatic heterocycles. The number of hydrogen-bond acceptors (Lipinski definition) is 4. The number of halogens is 2. The van der Waals surface area contributed by atoms with Crippen molar-refractivity contribution in [3.8, 4) is 5.75 Å². The molecule has 0 unspecified atom stereocenters. The average Bonchev–Trinajstić information content (AvgIpc) is 2.69. The normalized spacial score (nSPS) is 19.7. The molecule has 1 fully saturated rings. The van der Waals surface area contributed by atoms with Gasteiger partial charge in [0.1, 0.15) is 5.75 Å². The molecule has 1 aliphatic rings. The monoisotopic (exact) mass is 405 g/mol. The van der Waals surface area contributed by atoms with E-state index in [0.717, 1.165) is 13.1 Å². The second-order valence-electron chi connectivity index (χ2n) is 7.06. The number of hydrogen-bond donors (Lipinski definition) is 3. The van der Waals surface area contributed by atoms with Gasteiger partial charge in [0, 0.05) is 50.0 Å². The van der Waals surface area contributed by atoms with Gasteiger partial charge in [0.15, 0.2) is 0 Å². The molecule has 2 aromatic carbocycles. The number of alkyl halides is 2. The first-order valence-corrected chi connectivity index (χ1v) is 9.53. The molecule has 156 valence electrons. The van der Waals surface area contributed by atoms with Gasteiger partial charge < -0.3 is 20.5 Å². The van der Waals surface area contributed by atoms with Crippen LogP contribution in [0.2, 0.25) is 0 Å². The van der Waals surface area contributed by atoms with Crippen molar-refractivity contribution in [2.24, 2.45) is 5.92 Å². The maximum atomic E-state index is 12.3. The van der Waals surface area contributed by atoms with Crippen LogP contribution in [0, 0.1) is 5.92 Å². The van der Waals surface area contributed by atoms with E-state index < -0.39 is 12.6 Å². The van der Waals surface area contributed by atoms with E-state index in [1.165, 1.54) is 23.8 Å². The lowest BCUT2D eigenvalue weighted by molar-refractivity contribution is -0.0498. The van der Waals surface area contributed by atoms with Crippen LogP contribution in [0.4, 0.5) is 19.3 Å². The Morgan fingerprint density at radius 1 is 1.21 bits per heavy atom. The first-order valence-electron chi connectivity index (χ1n) is 9.53. The Balaban J connectivity index is 1.52. The average molecular weight is 405 g/mol. The Morgan fingerprint density at radius 3 is 2.72 bits per heavy atom. The van der Waals surface area contributed by atoms with Gasteiger partial charge in [-0.25, -0.2) is 4.79 Å². The summed E-state index contributed by atoms with van der Waals surface area (Å²) in [5.41, 5.74) is 1.56. The molecule has 0 spiro atoms. The van der Waals surface area contributed by atoms with Gasteiger partial charge in [-0.15, -0.1) is 0 Å². The number of anilines is 1. The zero-order valence-electron chi connectivity index (χ0n) is 15.9. The Labute approximate surface area is 168 Å². The van der Waals surface area contributed by atoms with Gasteiger partial charge in [-0.05, 0) is 24.1 Å². The summed E-state index contributed by atoms with van der Waals surface area (Å²) < 4.78 is 29.0. The molecular formula is C21H25F2N3O3. The topological polar surface area (TPSA) is 73.8 Å². The van der Waals surface area contributed by atoms with Gasteiger partial charge >= 0.3 is 12.6 Å². The van der Waals surface area contributed by atoms with E-state index in [2.05, 4.69) is 32.4 Å². The summed E-state index contributed by atoms with van der Waals surface area (Å²) in [4.78, 5) is 14.6. The Morgan fingerprint density at radius 2 is 2.00 bits per heavy atom. The molecule has 6 nitrogen and oxygen atoms in total. The van der Waals surface area contributed by atoms with E-state index in [1.807, 2.05) is 18.2 Å². The summed E-state index contributed by atoms with van der Waals surface area (Å²) in [5.74, 6) is -0.119. The molecule has 2 amide bonds. The quantitative estimate of drug-likeness (QED) is 0.661. The SMILES string of the molecule is O=C(Nc1cccc(OC(F)F)c1)N[C@@H]1CCN(Cc2ccccc2)C[C@@H]1CO. The Bertz CT molecular complexity index is 792. The molecule has 2 atom stereocenters. The van der Waals surface area contributed by atoms with E-state index in [-0.39, 0.29) is 24.3 Å². The maximum Gasteiger partial charge on any atom is 0.387 e. The van der Waals surface area contributed by atoms with Crippen molar-refractivity contribution in [2.75, 3.05) is 25.0 Å². The fraction of sp³-hybridized carbons (Fsp3) is 0.381. The molecule has 1 heterocycles. The minimum Gasteiger partial charge on any atom is -0.435 e. The van der Waals surface area contributed by atoms with Crippen LogP contribution in [0.25, 0.3) is 0 Å². The van der Waals surface area contributed by atoms with E-state index >= 15 is 0 Å². The zero-order chi connectivity index (χ0) is 20.6. The number of carbonyl (C=O) groups is 1. The summed E-state index contributed by atoms with van der Waals surface area (Å²) in [7, 11) is 0. The number of likely N-dealkylation sites (tertiary alicyclic amines) is 1. The minimum absolute atomic E-state index is 0.0275. The molecule has 3 rings (SSSR count). The molecule has 1 saturated heterocycles. The predicted octanol–water partition coefficient (Wildman–Crippen LogP) is 3.29. The Hall–Kier alpha value is -2.71. The van der Waals surface area contributed by atoms with Crippen LogP contribution >= 0.6 is 0 Å². The number of carbonyl (C=O) groups excluding carboxylic acids is 1. The number of urea groups is 1. The largest absolute Gasteiger partial charge is 0.435 e. The molecule has 0 saturated carbocycles. The van der Waals surface area contributed by atoms with Crippen molar-refractivity contribution in [2.45, 2.75) is 25.6 Å². The molecule has 3 N–H and O–H groups in total. The van der Waals surface area contributed by atoms with Crippen LogP contribution in [-0.4, -0.2) is 48.4 Å². The second kappa shape index (κ2) is 10.2. The molecule has 8 heteroatoms. The lowest BCUT2D eigenvalue weighted by Gasteiger charge is -2.38. The smallest absolute Gasteiger partial charge is 0.387 e. The van der Waals surface area contributed by atoms with Crippen molar-refractivity contribution in [1.29, 1.82) is 0 Å². The highest BCUT2D eigenvalue weighted by atomic mass is 19.3. The number of aliphatic hydroxyl groups is 1. The molecular weight excluding hydrogens is 380 g/mol. The lowest BCUT2D eigenvalue weighted by atomic mass is 9.92. The standard InChI is InChI=1S/C21H25F2N3O3/c22-20(23)29-18-8-4-7-17(11-18)24-21(28)25-19-9-10-26(13-16(19)14-27)12-15-5-2-1-3-6-15/h1-8,11,16,19-20,27H,9-10,12-14H2,(H2,24,25,28)/t16-,19-/m1/s1. The number of nitrogens with zero attached hydrogens (tertiary/aromatic N) is 1. The second-order valence-corrected chi connectivity index (χ2v) is 7.06. The number of ether oxygens (including phenoxy) is 1. The highest BCUT2D eigenvalue weighted by Crippen LogP contribution is 2.21. The van der Waals surface area contributed by atoms with Crippen molar-refractivity contribution in [3.63, 3.8) is 0 Å². The number of benzene rings is 2. The fourth-order valence-electron chi connectivity index (χ4n) is 3.55. The van der Waals surface area contributed by atoms with E-state index in [9.17, 15) is 18.7 Å². The van der Waals surface area contributed by atoms with Crippen molar-refractivity contribution < 1.29 is 23.4 Å². The molecule has 0 aromatic heterocycles. The minimum atomic E-state index is -2.93. The number of amides is 2. The summed E-state index contributed by atoms with van der Waals surface area (Å²) in [6.45, 7) is -0.686. The highest BCUT2D eigenvalue weighted by Gasteiger charge is 2.30. The maximum absolute atomic E-state index is 12.3. The van der Waals surface area contributed by atoms with Crippen LogP contribution < -0.4 is 15.4 Å². The third-order valence-electron chi connectivity index (χ3n) is 4.94. The van der Waals surface area contributed by atoms with Gasteiger partial charge in [-0.1, -0.05) is 36.4 Å². The number of piperidine rings is 1. The third kappa shape index (κ3) is 6.40. The number of rotatable bonds is 7. The van der Waals surface area contributed by atoms with Crippen molar-refractivity contribution in [3.05, 3.63) is 60.2 Å². The van der Waals surface area contributed by atoms with Gasteiger partial charge in [-0.3, -0.25) is 4.90 Å². The van der Waals surface area contributed by atoms with E-state index in [4.69, 9.17) is 0 Å². The summed E-state index contributed by atoms with van der Waals surface area (Å²) in [6, 6.07) is 15.3. The number of nitrogens with one attached hydrogen (secondary N) is 2. The van der Waals surface area contributed by atoms with Gasteiger partial charge in [0.05, 0.1) is 0 Å². The molecule has 0 aliphatic carbocycles. The first kappa shape index (κ1) is 21.0. The predicted molar refractivity (Wildman–Crippen MR) is 106 cm³/mol. The van der Waals surface area contributed by atoms with E-state index in [1.54, 1.807) is 6.07 Å². The summed E-state index contributed by atoms with van der Waals surface area (Å²) >= 11 is 0. The Kier molecular flexibility index (Phi) is 7.37. The highest BCUT2D eigenvalue weighted by molar-refractivity contribution is 5.89. The molecule has 29 heavy (non-hydrogen) atoms. The van der Waals surface area contributed by atoms with Crippen LogP contribution in [0.15, 0.2) is 54.6 Å². The molecule has 2 aromatic rings. The number of aliphatic hydroxyl groups excluding tert-OH is 1. The van der Waals surface area contributed by atoms with Gasteiger partial charge in [0.25, 0.3) is 0 Å². The van der Waals surface area contributed by atoms with Crippen molar-refractivity contribution >= 4 is 11.7 Å². The molecule has 0 radical (unpaired) electrons. The molecule has 0 bridgehead atoms. The first-order chi connectivity index (χ1) is 14.0. The third-order valence-corrected chi connectivity index (χ3v) is 4.94.